The Morgan fingerprint density at radius 1 is 0.981 bits per heavy atom. The van der Waals surface area contributed by atoms with Crippen molar-refractivity contribution in [3.05, 3.63) is 125 Å². The zero-order valence-electron chi connectivity index (χ0n) is 29.0. The number of rotatable bonds is 9. The number of carbonyl (C=O) groups excluding carboxylic acids is 4. The first-order chi connectivity index (χ1) is 24.4. The summed E-state index contributed by atoms with van der Waals surface area (Å²) in [6, 6.07) is 15.9. The van der Waals surface area contributed by atoms with Gasteiger partial charge in [0, 0.05) is 30.5 Å². The van der Waals surface area contributed by atoms with Gasteiger partial charge in [0.15, 0.2) is 6.10 Å². The Kier molecular flexibility index (Phi) is 10.4. The number of benzene rings is 3. The number of nitrogens with zero attached hydrogens (tertiary/aromatic N) is 3. The number of carbonyl (C=O) groups is 4. The molecule has 5 rings (SSSR count). The predicted octanol–water partition coefficient (Wildman–Crippen LogP) is 6.83. The summed E-state index contributed by atoms with van der Waals surface area (Å²) in [5.74, 6) is -5.02. The van der Waals surface area contributed by atoms with Gasteiger partial charge in [-0.25, -0.2) is 13.9 Å². The normalized spacial score (nSPS) is 16.5. The topological polar surface area (TPSA) is 120 Å². The molecule has 1 aliphatic rings. The molecule has 2 amide bonds. The lowest BCUT2D eigenvalue weighted by Crippen LogP contribution is -2.55. The third-order valence-electron chi connectivity index (χ3n) is 8.15. The van der Waals surface area contributed by atoms with Crippen LogP contribution in [-0.4, -0.2) is 51.7 Å². The van der Waals surface area contributed by atoms with Gasteiger partial charge in [0.05, 0.1) is 16.8 Å². The van der Waals surface area contributed by atoms with E-state index in [1.807, 2.05) is 0 Å². The second kappa shape index (κ2) is 14.4. The lowest BCUT2D eigenvalue weighted by molar-refractivity contribution is -0.154. The number of hydrogen-bond donors (Lipinski definition) is 1. The van der Waals surface area contributed by atoms with E-state index in [-0.39, 0.29) is 34.8 Å². The number of amides is 2. The van der Waals surface area contributed by atoms with Crippen LogP contribution < -0.4 is 10.2 Å². The minimum Gasteiger partial charge on any atom is -0.457 e. The van der Waals surface area contributed by atoms with Crippen LogP contribution in [-0.2, 0) is 30.0 Å². The molecule has 0 spiro atoms. The number of aromatic nitrogens is 2. The van der Waals surface area contributed by atoms with Crippen LogP contribution in [0.2, 0.25) is 0 Å². The molecule has 0 bridgehead atoms. The lowest BCUT2D eigenvalue weighted by Gasteiger charge is -2.39. The summed E-state index contributed by atoms with van der Waals surface area (Å²) in [4.78, 5) is 55.6. The molecule has 3 aromatic carbocycles. The van der Waals surface area contributed by atoms with Crippen molar-refractivity contribution < 1.29 is 46.2 Å². The van der Waals surface area contributed by atoms with E-state index in [1.165, 1.54) is 27.8 Å². The smallest absolute Gasteiger partial charge is 0.416 e. The van der Waals surface area contributed by atoms with Crippen molar-refractivity contribution >= 4 is 29.6 Å². The van der Waals surface area contributed by atoms with Crippen molar-refractivity contribution in [3.63, 3.8) is 0 Å². The van der Waals surface area contributed by atoms with Crippen molar-refractivity contribution in [2.45, 2.75) is 64.5 Å². The highest BCUT2D eigenvalue weighted by Crippen LogP contribution is 2.47. The zero-order chi connectivity index (χ0) is 38.1. The summed E-state index contributed by atoms with van der Waals surface area (Å²) in [5.41, 5.74) is -1.82. The van der Waals surface area contributed by atoms with E-state index >= 15 is 0 Å². The Balaban J connectivity index is 1.80. The first-order valence-corrected chi connectivity index (χ1v) is 16.2. The summed E-state index contributed by atoms with van der Waals surface area (Å²) in [5, 5.41) is 7.44. The van der Waals surface area contributed by atoms with Crippen LogP contribution in [0.4, 0.5) is 23.4 Å². The first kappa shape index (κ1) is 37.5. The van der Waals surface area contributed by atoms with Crippen molar-refractivity contribution in [1.82, 2.24) is 15.1 Å². The van der Waals surface area contributed by atoms with Crippen LogP contribution in [0.25, 0.3) is 5.69 Å². The molecule has 272 valence electrons. The van der Waals surface area contributed by atoms with Gasteiger partial charge in [0.1, 0.15) is 29.0 Å². The molecule has 3 atom stereocenters. The maximum Gasteiger partial charge on any atom is 0.416 e. The number of alkyl halides is 3. The molecule has 1 aromatic heterocycles. The van der Waals surface area contributed by atoms with Crippen LogP contribution in [0.5, 0.6) is 0 Å². The fourth-order valence-electron chi connectivity index (χ4n) is 5.97. The fourth-order valence-corrected chi connectivity index (χ4v) is 5.97. The molecular formula is C38H36F4N4O6. The Morgan fingerprint density at radius 3 is 2.21 bits per heavy atom. The second-order valence-electron chi connectivity index (χ2n) is 13.0. The Hall–Kier alpha value is -5.79. The first-order valence-electron chi connectivity index (χ1n) is 16.2. The summed E-state index contributed by atoms with van der Waals surface area (Å²) in [6.07, 6.45) is -6.33. The Bertz CT molecular complexity index is 2020. The Labute approximate surface area is 297 Å². The minimum absolute atomic E-state index is 0.0150. The van der Waals surface area contributed by atoms with Gasteiger partial charge < -0.3 is 14.8 Å². The lowest BCUT2D eigenvalue weighted by atomic mass is 9.79. The minimum atomic E-state index is -4.75. The summed E-state index contributed by atoms with van der Waals surface area (Å²) in [6.45, 7) is 11.6. The molecule has 14 heteroatoms. The predicted molar refractivity (Wildman–Crippen MR) is 182 cm³/mol. The molecule has 1 aliphatic heterocycles. The summed E-state index contributed by atoms with van der Waals surface area (Å²) in [7, 11) is 0. The van der Waals surface area contributed by atoms with Gasteiger partial charge in [-0.05, 0) is 75.7 Å². The highest BCUT2D eigenvalue weighted by Gasteiger charge is 2.48. The van der Waals surface area contributed by atoms with Gasteiger partial charge in [-0.3, -0.25) is 19.3 Å². The number of esters is 2. The van der Waals surface area contributed by atoms with E-state index in [4.69, 9.17) is 14.6 Å². The van der Waals surface area contributed by atoms with E-state index < -0.39 is 65.0 Å². The zero-order valence-corrected chi connectivity index (χ0v) is 29.0. The van der Waals surface area contributed by atoms with Gasteiger partial charge >= 0.3 is 18.1 Å². The highest BCUT2D eigenvalue weighted by atomic mass is 19.4. The van der Waals surface area contributed by atoms with Crippen LogP contribution in [0.1, 0.15) is 79.4 Å². The Morgan fingerprint density at radius 2 is 1.63 bits per heavy atom. The van der Waals surface area contributed by atoms with Gasteiger partial charge in [0.2, 0.25) is 0 Å². The molecule has 2 heterocycles. The van der Waals surface area contributed by atoms with Crippen LogP contribution in [0, 0.1) is 5.82 Å². The van der Waals surface area contributed by atoms with Crippen molar-refractivity contribution in [3.8, 4) is 5.69 Å². The van der Waals surface area contributed by atoms with E-state index in [0.717, 1.165) is 31.2 Å². The molecule has 0 fully saturated rings. The molecule has 0 saturated carbocycles. The molecule has 0 radical (unpaired) electrons. The molecule has 52 heavy (non-hydrogen) atoms. The molecule has 0 unspecified atom stereocenters. The van der Waals surface area contributed by atoms with Gasteiger partial charge in [-0.2, -0.15) is 18.3 Å². The van der Waals surface area contributed by atoms with Gasteiger partial charge in [0.25, 0.3) is 11.8 Å². The summed E-state index contributed by atoms with van der Waals surface area (Å²) >= 11 is 0. The quantitative estimate of drug-likeness (QED) is 0.114. The number of fused-ring (bicyclic) bond motifs is 1. The average molecular weight is 721 g/mol. The highest BCUT2D eigenvalue weighted by molar-refractivity contribution is 6.05. The van der Waals surface area contributed by atoms with Crippen LogP contribution in [0.3, 0.4) is 0 Å². The number of likely N-dealkylation sites (N-methyl/N-ethyl adjacent to an activating group) is 1. The maximum atomic E-state index is 14.5. The monoisotopic (exact) mass is 720 g/mol. The third kappa shape index (κ3) is 7.75. The largest absolute Gasteiger partial charge is 0.457 e. The van der Waals surface area contributed by atoms with Crippen molar-refractivity contribution in [1.29, 1.82) is 0 Å². The number of nitrogens with one attached hydrogen (secondary N) is 1. The molecule has 0 aliphatic carbocycles. The van der Waals surface area contributed by atoms with Gasteiger partial charge in [-0.1, -0.05) is 43.0 Å². The van der Waals surface area contributed by atoms with E-state index in [1.54, 1.807) is 58.0 Å². The number of anilines is 1. The average Bonchev–Trinajstić information content (AvgIpc) is 3.46. The van der Waals surface area contributed by atoms with Crippen molar-refractivity contribution in [2.24, 2.45) is 0 Å². The third-order valence-corrected chi connectivity index (χ3v) is 8.15. The number of halogens is 4. The second-order valence-corrected chi connectivity index (χ2v) is 13.0. The van der Waals surface area contributed by atoms with Crippen LogP contribution in [0.15, 0.2) is 91.0 Å². The van der Waals surface area contributed by atoms with Crippen LogP contribution >= 0.6 is 0 Å². The maximum absolute atomic E-state index is 14.5. The molecule has 4 aromatic rings. The molecular weight excluding hydrogens is 684 g/mol. The number of ether oxygens (including phenoxy) is 2. The summed E-state index contributed by atoms with van der Waals surface area (Å²) < 4.78 is 67.8. The standard InChI is InChI=1S/C38H36F4N4O6/c1-7-45-34-29(30(44-46(34)27-14-9-8-10-15-27)32(51-22(3)47)21(2)36(50)52-37(4,5)6)28(23-16-18-26(39)19-17-23)31(35(45)49)43-33(48)24-12-11-13-25(20-24)38(40,41)42/h8-20,28,31-32H,2,7H2,1,3-6H3,(H,43,48)/t28-,31-,32+/m0/s1. The SMILES string of the molecule is C=C(C(=O)OC(C)(C)C)[C@@H](OC(C)=O)c1nn(-c2ccccc2)c2c1[C@H](c1ccc(F)cc1)[C@H](NC(=O)c1cccc(C(F)(F)F)c1)C(=O)N2CC. The fraction of sp³-hybridized carbons (Fsp3) is 0.289. The van der Waals surface area contributed by atoms with Gasteiger partial charge in [-0.15, -0.1) is 0 Å². The van der Waals surface area contributed by atoms with E-state index in [9.17, 15) is 36.7 Å². The van der Waals surface area contributed by atoms with E-state index in [2.05, 4.69) is 11.9 Å². The van der Waals surface area contributed by atoms with Crippen molar-refractivity contribution in [2.75, 3.05) is 11.4 Å². The molecule has 0 saturated heterocycles. The number of hydrogen-bond acceptors (Lipinski definition) is 7. The molecule has 10 nitrogen and oxygen atoms in total. The van der Waals surface area contributed by atoms with E-state index in [0.29, 0.717) is 17.3 Å². The molecule has 1 N–H and O–H groups in total. The number of para-hydroxylation sites is 1.